The lowest BCUT2D eigenvalue weighted by Gasteiger charge is -2.15. The highest BCUT2D eigenvalue weighted by Gasteiger charge is 2.21. The molecule has 0 aromatic heterocycles. The lowest BCUT2D eigenvalue weighted by Crippen LogP contribution is -2.31. The molecule has 0 amide bonds. The zero-order valence-corrected chi connectivity index (χ0v) is 11.2. The summed E-state index contributed by atoms with van der Waals surface area (Å²) in [4.78, 5) is 0. The van der Waals surface area contributed by atoms with Gasteiger partial charge in [-0.15, -0.1) is 0 Å². The summed E-state index contributed by atoms with van der Waals surface area (Å²) in [5.41, 5.74) is 0. The molecule has 0 aliphatic carbocycles. The second-order valence-corrected chi connectivity index (χ2v) is 5.26. The minimum absolute atomic E-state index is 0.719. The summed E-state index contributed by atoms with van der Waals surface area (Å²) in [6.07, 6.45) is 9.74. The van der Waals surface area contributed by atoms with Gasteiger partial charge in [-0.2, -0.15) is 0 Å². The van der Waals surface area contributed by atoms with Gasteiger partial charge in [0, 0.05) is 6.04 Å². The van der Waals surface area contributed by atoms with Crippen LogP contribution in [-0.2, 0) is 0 Å². The molecule has 0 aromatic rings. The molecule has 0 aromatic carbocycles. The number of hydrogen-bond donors (Lipinski definition) is 2. The van der Waals surface area contributed by atoms with Crippen LogP contribution in [0.25, 0.3) is 0 Å². The van der Waals surface area contributed by atoms with Crippen LogP contribution in [0.15, 0.2) is 0 Å². The normalized spacial score (nSPS) is 25.1. The van der Waals surface area contributed by atoms with Crippen molar-refractivity contribution in [1.82, 2.24) is 10.6 Å². The summed E-state index contributed by atoms with van der Waals surface area (Å²) in [6, 6.07) is 0.719. The predicted molar refractivity (Wildman–Crippen MR) is 71.8 cm³/mol. The minimum Gasteiger partial charge on any atom is -0.316 e. The van der Waals surface area contributed by atoms with E-state index >= 15 is 0 Å². The molecule has 2 nitrogen and oxygen atoms in total. The first-order valence-electron chi connectivity index (χ1n) is 7.28. The number of unbranched alkanes of at least 4 members (excludes halogenated alkanes) is 5. The second kappa shape index (κ2) is 9.00. The van der Waals surface area contributed by atoms with Gasteiger partial charge in [-0.05, 0) is 45.3 Å². The standard InChI is InChI=1S/C14H30N2/c1-3-4-5-6-7-8-10-15-12-14-9-11-16-13(14)2/h13-16H,3-12H2,1-2H3. The molecule has 1 heterocycles. The minimum atomic E-state index is 0.719. The van der Waals surface area contributed by atoms with Gasteiger partial charge in [0.05, 0.1) is 0 Å². The topological polar surface area (TPSA) is 24.1 Å². The van der Waals surface area contributed by atoms with E-state index in [0.717, 1.165) is 12.0 Å². The maximum atomic E-state index is 3.61. The van der Waals surface area contributed by atoms with Crippen molar-refractivity contribution in [2.24, 2.45) is 5.92 Å². The molecule has 2 atom stereocenters. The van der Waals surface area contributed by atoms with Crippen LogP contribution in [0.4, 0.5) is 0 Å². The average molecular weight is 226 g/mol. The Hall–Kier alpha value is -0.0800. The fourth-order valence-corrected chi connectivity index (χ4v) is 2.51. The first-order valence-corrected chi connectivity index (χ1v) is 7.28. The summed E-state index contributed by atoms with van der Waals surface area (Å²) in [7, 11) is 0. The Morgan fingerprint density at radius 1 is 1.12 bits per heavy atom. The Kier molecular flexibility index (Phi) is 7.87. The maximum Gasteiger partial charge on any atom is 0.00795 e. The second-order valence-electron chi connectivity index (χ2n) is 5.26. The molecule has 1 aliphatic heterocycles. The van der Waals surface area contributed by atoms with Crippen molar-refractivity contribution in [2.45, 2.75) is 64.8 Å². The Bertz CT molecular complexity index is 159. The first-order chi connectivity index (χ1) is 7.84. The van der Waals surface area contributed by atoms with Crippen molar-refractivity contribution in [3.05, 3.63) is 0 Å². The summed E-state index contributed by atoms with van der Waals surface area (Å²) in [5.74, 6) is 0.861. The third-order valence-electron chi connectivity index (χ3n) is 3.80. The van der Waals surface area contributed by atoms with Crippen LogP contribution in [0.3, 0.4) is 0 Å². The highest BCUT2D eigenvalue weighted by atomic mass is 15.0. The van der Waals surface area contributed by atoms with Gasteiger partial charge in [0.1, 0.15) is 0 Å². The largest absolute Gasteiger partial charge is 0.316 e. The third kappa shape index (κ3) is 5.86. The Morgan fingerprint density at radius 3 is 2.56 bits per heavy atom. The molecule has 2 N–H and O–H groups in total. The van der Waals surface area contributed by atoms with Gasteiger partial charge in [-0.25, -0.2) is 0 Å². The number of rotatable bonds is 9. The van der Waals surface area contributed by atoms with Crippen LogP contribution in [0, 0.1) is 5.92 Å². The van der Waals surface area contributed by atoms with Crippen LogP contribution in [-0.4, -0.2) is 25.7 Å². The van der Waals surface area contributed by atoms with Gasteiger partial charge in [0.15, 0.2) is 0 Å². The highest BCUT2D eigenvalue weighted by Crippen LogP contribution is 2.13. The summed E-state index contributed by atoms with van der Waals surface area (Å²) >= 11 is 0. The zero-order chi connectivity index (χ0) is 11.6. The van der Waals surface area contributed by atoms with Crippen molar-refractivity contribution < 1.29 is 0 Å². The Labute approximate surface area is 102 Å². The molecular weight excluding hydrogens is 196 g/mol. The molecule has 0 spiro atoms. The van der Waals surface area contributed by atoms with Crippen molar-refractivity contribution >= 4 is 0 Å². The van der Waals surface area contributed by atoms with E-state index in [1.807, 2.05) is 0 Å². The van der Waals surface area contributed by atoms with Crippen molar-refractivity contribution in [3.63, 3.8) is 0 Å². The lowest BCUT2D eigenvalue weighted by molar-refractivity contribution is 0.434. The highest BCUT2D eigenvalue weighted by molar-refractivity contribution is 4.81. The van der Waals surface area contributed by atoms with Gasteiger partial charge >= 0.3 is 0 Å². The molecule has 0 saturated carbocycles. The fourth-order valence-electron chi connectivity index (χ4n) is 2.51. The van der Waals surface area contributed by atoms with Gasteiger partial charge in [0.2, 0.25) is 0 Å². The SMILES string of the molecule is CCCCCCCCNCC1CCNC1C. The van der Waals surface area contributed by atoms with Crippen LogP contribution in [0.2, 0.25) is 0 Å². The van der Waals surface area contributed by atoms with Crippen LogP contribution >= 0.6 is 0 Å². The van der Waals surface area contributed by atoms with E-state index in [1.165, 1.54) is 64.6 Å². The maximum absolute atomic E-state index is 3.61. The fraction of sp³-hybridized carbons (Fsp3) is 1.00. The molecule has 1 saturated heterocycles. The van der Waals surface area contributed by atoms with E-state index in [1.54, 1.807) is 0 Å². The Morgan fingerprint density at radius 2 is 1.88 bits per heavy atom. The molecule has 2 unspecified atom stereocenters. The van der Waals surface area contributed by atoms with Gasteiger partial charge < -0.3 is 10.6 Å². The van der Waals surface area contributed by atoms with E-state index in [0.29, 0.717) is 0 Å². The van der Waals surface area contributed by atoms with Crippen molar-refractivity contribution in [2.75, 3.05) is 19.6 Å². The molecular formula is C14H30N2. The molecule has 16 heavy (non-hydrogen) atoms. The van der Waals surface area contributed by atoms with Crippen molar-refractivity contribution in [3.8, 4) is 0 Å². The predicted octanol–water partition coefficient (Wildman–Crippen LogP) is 2.93. The summed E-state index contributed by atoms with van der Waals surface area (Å²) in [6.45, 7) is 8.23. The quantitative estimate of drug-likeness (QED) is 0.591. The van der Waals surface area contributed by atoms with E-state index in [2.05, 4.69) is 24.5 Å². The van der Waals surface area contributed by atoms with Crippen LogP contribution in [0.5, 0.6) is 0 Å². The zero-order valence-electron chi connectivity index (χ0n) is 11.2. The summed E-state index contributed by atoms with van der Waals surface area (Å²) < 4.78 is 0. The molecule has 0 bridgehead atoms. The first kappa shape index (κ1) is 14.0. The van der Waals surface area contributed by atoms with Crippen LogP contribution < -0.4 is 10.6 Å². The van der Waals surface area contributed by atoms with E-state index < -0.39 is 0 Å². The Balaban J connectivity index is 1.81. The molecule has 1 aliphatic rings. The van der Waals surface area contributed by atoms with Gasteiger partial charge in [-0.1, -0.05) is 39.0 Å². The lowest BCUT2D eigenvalue weighted by atomic mass is 10.0. The molecule has 1 rings (SSSR count). The average Bonchev–Trinajstić information content (AvgIpc) is 2.68. The third-order valence-corrected chi connectivity index (χ3v) is 3.80. The molecule has 1 fully saturated rings. The van der Waals surface area contributed by atoms with Gasteiger partial charge in [0.25, 0.3) is 0 Å². The molecule has 2 heteroatoms. The summed E-state index contributed by atoms with van der Waals surface area (Å²) in [5, 5.41) is 7.11. The number of hydrogen-bond acceptors (Lipinski definition) is 2. The monoisotopic (exact) mass is 226 g/mol. The smallest absolute Gasteiger partial charge is 0.00795 e. The number of nitrogens with one attached hydrogen (secondary N) is 2. The van der Waals surface area contributed by atoms with Crippen LogP contribution in [0.1, 0.15) is 58.8 Å². The molecule has 0 radical (unpaired) electrons. The van der Waals surface area contributed by atoms with E-state index in [9.17, 15) is 0 Å². The van der Waals surface area contributed by atoms with E-state index in [4.69, 9.17) is 0 Å². The van der Waals surface area contributed by atoms with E-state index in [-0.39, 0.29) is 0 Å². The molecule has 96 valence electrons. The van der Waals surface area contributed by atoms with Gasteiger partial charge in [-0.3, -0.25) is 0 Å². The van der Waals surface area contributed by atoms with Crippen molar-refractivity contribution in [1.29, 1.82) is 0 Å².